The summed E-state index contributed by atoms with van der Waals surface area (Å²) >= 11 is 0. The highest BCUT2D eigenvalue weighted by Crippen LogP contribution is 2.26. The van der Waals surface area contributed by atoms with Crippen LogP contribution in [0.4, 0.5) is 10.1 Å². The van der Waals surface area contributed by atoms with Gasteiger partial charge >= 0.3 is 0 Å². The van der Waals surface area contributed by atoms with Gasteiger partial charge in [-0.15, -0.1) is 0 Å². The quantitative estimate of drug-likeness (QED) is 0.296. The summed E-state index contributed by atoms with van der Waals surface area (Å²) in [6, 6.07) is 23.8. The lowest BCUT2D eigenvalue weighted by Gasteiger charge is -2.34. The van der Waals surface area contributed by atoms with Crippen LogP contribution in [0, 0.1) is 15.9 Å². The summed E-state index contributed by atoms with van der Waals surface area (Å²) in [7, 11) is 0. The van der Waals surface area contributed by atoms with E-state index in [-0.39, 0.29) is 28.5 Å². The number of carbonyl (C=O) groups excluding carboxylic acids is 1. The molecular weight excluding hydrogens is 461 g/mol. The van der Waals surface area contributed by atoms with Crippen LogP contribution in [0.25, 0.3) is 16.9 Å². The van der Waals surface area contributed by atoms with Crippen LogP contribution >= 0.6 is 0 Å². The molecule has 182 valence electrons. The fraction of sp³-hybridized carbons (Fsp3) is 0.185. The third-order valence-electron chi connectivity index (χ3n) is 6.27. The average Bonchev–Trinajstić information content (AvgIpc) is 3.35. The first-order chi connectivity index (χ1) is 17.5. The molecule has 0 spiro atoms. The van der Waals surface area contributed by atoms with E-state index in [9.17, 15) is 19.3 Å². The molecule has 1 aliphatic heterocycles. The molecule has 0 radical (unpaired) electrons. The molecule has 0 bridgehead atoms. The fourth-order valence-corrected chi connectivity index (χ4v) is 4.38. The number of nitro benzene ring substituents is 1. The number of carbonyl (C=O) groups is 1. The number of nitrogens with zero attached hydrogens (tertiary/aromatic N) is 5. The van der Waals surface area contributed by atoms with Gasteiger partial charge in [-0.1, -0.05) is 48.5 Å². The monoisotopic (exact) mass is 485 g/mol. The third kappa shape index (κ3) is 4.87. The van der Waals surface area contributed by atoms with Crippen molar-refractivity contribution in [1.82, 2.24) is 19.6 Å². The molecule has 1 fully saturated rings. The number of rotatable bonds is 6. The SMILES string of the molecule is O=C(c1cc(-c2ccccc2F)nn1-c1cccc([N+](=O)[O-])c1)N1CCN(Cc2ccccc2)CC1. The smallest absolute Gasteiger partial charge is 0.272 e. The summed E-state index contributed by atoms with van der Waals surface area (Å²) < 4.78 is 15.9. The zero-order chi connectivity index (χ0) is 25.1. The maximum atomic E-state index is 14.5. The Hall–Kier alpha value is -4.37. The van der Waals surface area contributed by atoms with E-state index in [1.807, 2.05) is 18.2 Å². The van der Waals surface area contributed by atoms with Gasteiger partial charge in [0.2, 0.25) is 0 Å². The molecule has 3 aromatic carbocycles. The lowest BCUT2D eigenvalue weighted by Crippen LogP contribution is -2.48. The number of benzene rings is 3. The second-order valence-electron chi connectivity index (χ2n) is 8.64. The second-order valence-corrected chi connectivity index (χ2v) is 8.64. The van der Waals surface area contributed by atoms with Gasteiger partial charge in [-0.3, -0.25) is 19.8 Å². The highest BCUT2D eigenvalue weighted by atomic mass is 19.1. The van der Waals surface area contributed by atoms with Crippen molar-refractivity contribution in [3.63, 3.8) is 0 Å². The highest BCUT2D eigenvalue weighted by Gasteiger charge is 2.27. The molecule has 5 rings (SSSR count). The van der Waals surface area contributed by atoms with Crippen LogP contribution in [0.5, 0.6) is 0 Å². The van der Waals surface area contributed by atoms with Crippen molar-refractivity contribution in [2.45, 2.75) is 6.54 Å². The Kier molecular flexibility index (Phi) is 6.55. The fourth-order valence-electron chi connectivity index (χ4n) is 4.38. The molecule has 8 nitrogen and oxygen atoms in total. The highest BCUT2D eigenvalue weighted by molar-refractivity contribution is 5.94. The van der Waals surface area contributed by atoms with Gasteiger partial charge in [0, 0.05) is 50.4 Å². The van der Waals surface area contributed by atoms with Gasteiger partial charge in [-0.05, 0) is 29.8 Å². The Morgan fingerprint density at radius 2 is 1.64 bits per heavy atom. The first-order valence-corrected chi connectivity index (χ1v) is 11.6. The molecule has 1 saturated heterocycles. The van der Waals surface area contributed by atoms with Crippen molar-refractivity contribution >= 4 is 11.6 Å². The maximum absolute atomic E-state index is 14.5. The van der Waals surface area contributed by atoms with Crippen LogP contribution in [0.2, 0.25) is 0 Å². The van der Waals surface area contributed by atoms with Crippen LogP contribution in [-0.4, -0.2) is 56.6 Å². The number of amides is 1. The van der Waals surface area contributed by atoms with Crippen LogP contribution in [-0.2, 0) is 6.54 Å². The molecule has 0 saturated carbocycles. The van der Waals surface area contributed by atoms with Gasteiger partial charge in [-0.25, -0.2) is 9.07 Å². The van der Waals surface area contributed by atoms with Crippen LogP contribution in [0.1, 0.15) is 16.1 Å². The number of hydrogen-bond donors (Lipinski definition) is 0. The van der Waals surface area contributed by atoms with E-state index in [4.69, 9.17) is 0 Å². The van der Waals surface area contributed by atoms with Crippen molar-refractivity contribution < 1.29 is 14.1 Å². The number of nitro groups is 1. The molecule has 4 aromatic rings. The summed E-state index contributed by atoms with van der Waals surface area (Å²) in [5, 5.41) is 15.8. The number of halogens is 1. The number of non-ortho nitro benzene ring substituents is 1. The Balaban J connectivity index is 1.43. The average molecular weight is 486 g/mol. The topological polar surface area (TPSA) is 84.5 Å². The van der Waals surface area contributed by atoms with Crippen molar-refractivity contribution in [2.75, 3.05) is 26.2 Å². The van der Waals surface area contributed by atoms with Gasteiger partial charge in [-0.2, -0.15) is 5.10 Å². The predicted molar refractivity (Wildman–Crippen MR) is 133 cm³/mol. The molecule has 0 atom stereocenters. The minimum Gasteiger partial charge on any atom is -0.335 e. The second kappa shape index (κ2) is 10.1. The predicted octanol–water partition coefficient (Wildman–Crippen LogP) is 4.54. The zero-order valence-corrected chi connectivity index (χ0v) is 19.5. The van der Waals surface area contributed by atoms with Gasteiger partial charge < -0.3 is 4.90 Å². The van der Waals surface area contributed by atoms with Crippen LogP contribution in [0.3, 0.4) is 0 Å². The molecule has 0 unspecified atom stereocenters. The van der Waals surface area contributed by atoms with Crippen LogP contribution in [0.15, 0.2) is 84.9 Å². The molecule has 9 heteroatoms. The van der Waals surface area contributed by atoms with Crippen molar-refractivity contribution in [2.24, 2.45) is 0 Å². The standard InChI is InChI=1S/C27H24FN5O3/c28-24-12-5-4-11-23(24)25-18-26(32(29-25)21-9-6-10-22(17-21)33(35)36)27(34)31-15-13-30(14-16-31)19-20-7-2-1-3-8-20/h1-12,17-18H,13-16,19H2. The first kappa shape index (κ1) is 23.4. The molecule has 1 aromatic heterocycles. The minimum atomic E-state index is -0.502. The molecule has 2 heterocycles. The summed E-state index contributed by atoms with van der Waals surface area (Å²) in [5.74, 6) is -0.717. The largest absolute Gasteiger partial charge is 0.335 e. The first-order valence-electron chi connectivity index (χ1n) is 11.6. The maximum Gasteiger partial charge on any atom is 0.272 e. The van der Waals surface area contributed by atoms with E-state index in [0.717, 1.165) is 6.54 Å². The van der Waals surface area contributed by atoms with Gasteiger partial charge in [0.15, 0.2) is 0 Å². The number of hydrogen-bond acceptors (Lipinski definition) is 5. The summed E-state index contributed by atoms with van der Waals surface area (Å²) in [6.07, 6.45) is 0. The van der Waals surface area contributed by atoms with Gasteiger partial charge in [0.1, 0.15) is 11.5 Å². The van der Waals surface area contributed by atoms with E-state index >= 15 is 0 Å². The zero-order valence-electron chi connectivity index (χ0n) is 19.5. The summed E-state index contributed by atoms with van der Waals surface area (Å²) in [6.45, 7) is 3.30. The lowest BCUT2D eigenvalue weighted by molar-refractivity contribution is -0.384. The van der Waals surface area contributed by atoms with Crippen LogP contribution < -0.4 is 0 Å². The molecule has 1 aliphatic rings. The molecule has 36 heavy (non-hydrogen) atoms. The van der Waals surface area contributed by atoms with E-state index in [1.165, 1.54) is 34.5 Å². The Morgan fingerprint density at radius 3 is 2.36 bits per heavy atom. The molecule has 0 aliphatic carbocycles. The lowest BCUT2D eigenvalue weighted by atomic mass is 10.1. The summed E-state index contributed by atoms with van der Waals surface area (Å²) in [5.41, 5.74) is 2.22. The minimum absolute atomic E-state index is 0.122. The normalized spacial score (nSPS) is 14.1. The Morgan fingerprint density at radius 1 is 0.917 bits per heavy atom. The van der Waals surface area contributed by atoms with E-state index in [0.29, 0.717) is 31.9 Å². The van der Waals surface area contributed by atoms with Crippen molar-refractivity contribution in [3.8, 4) is 16.9 Å². The molecule has 0 N–H and O–H groups in total. The van der Waals surface area contributed by atoms with E-state index in [1.54, 1.807) is 35.2 Å². The molecule has 1 amide bonds. The molecular formula is C27H24FN5O3. The third-order valence-corrected chi connectivity index (χ3v) is 6.27. The van der Waals surface area contributed by atoms with Crippen molar-refractivity contribution in [1.29, 1.82) is 0 Å². The number of piperazine rings is 1. The Labute approximate surface area is 207 Å². The van der Waals surface area contributed by atoms with Crippen molar-refractivity contribution in [3.05, 3.63) is 112 Å². The summed E-state index contributed by atoms with van der Waals surface area (Å²) in [4.78, 5) is 28.5. The van der Waals surface area contributed by atoms with Gasteiger partial charge in [0.05, 0.1) is 16.3 Å². The van der Waals surface area contributed by atoms with E-state index in [2.05, 4.69) is 22.1 Å². The van der Waals surface area contributed by atoms with E-state index < -0.39 is 10.7 Å². The van der Waals surface area contributed by atoms with Gasteiger partial charge in [0.25, 0.3) is 11.6 Å². The number of aromatic nitrogens is 2. The Bertz CT molecular complexity index is 1400.